The number of carbonyl (C=O) groups is 1. The largest absolute Gasteiger partial charge is 0.478 e. The zero-order valence-electron chi connectivity index (χ0n) is 10.8. The lowest BCUT2D eigenvalue weighted by Crippen LogP contribution is -2.17. The molecule has 1 aliphatic rings. The molecule has 5 heteroatoms. The Hall–Kier alpha value is -1.55. The van der Waals surface area contributed by atoms with Crippen LogP contribution in [0.2, 0.25) is 5.02 Å². The molecule has 1 aromatic rings. The zero-order valence-corrected chi connectivity index (χ0v) is 11.6. The molecule has 0 heterocycles. The highest BCUT2D eigenvalue weighted by Gasteiger charge is 2.16. The second kappa shape index (κ2) is 6.06. The van der Waals surface area contributed by atoms with Gasteiger partial charge in [0.2, 0.25) is 0 Å². The van der Waals surface area contributed by atoms with Crippen LogP contribution in [0.25, 0.3) is 0 Å². The van der Waals surface area contributed by atoms with Gasteiger partial charge in [-0.05, 0) is 43.4 Å². The number of hydrogen-bond donors (Lipinski definition) is 2. The predicted octanol–water partition coefficient (Wildman–Crippen LogP) is 4.02. The third-order valence-electron chi connectivity index (χ3n) is 3.42. The Morgan fingerprint density at radius 3 is 2.95 bits per heavy atom. The molecule has 0 radical (unpaired) electrons. The number of carboxylic acid groups (broad SMARTS) is 1. The van der Waals surface area contributed by atoms with E-state index in [9.17, 15) is 4.79 Å². The fourth-order valence-electron chi connectivity index (χ4n) is 2.21. The van der Waals surface area contributed by atoms with Crippen LogP contribution in [0.5, 0.6) is 0 Å². The Balaban J connectivity index is 2.16. The van der Waals surface area contributed by atoms with E-state index in [2.05, 4.69) is 17.5 Å². The molecule has 2 rings (SSSR count). The summed E-state index contributed by atoms with van der Waals surface area (Å²) >= 11 is 6.03. The first kappa shape index (κ1) is 13.9. The molecule has 1 saturated carbocycles. The highest BCUT2D eigenvalue weighted by atomic mass is 35.5. The number of anilines is 1. The number of aromatic carboxylic acids is 1. The molecule has 0 unspecified atom stereocenters. The molecule has 0 saturated heterocycles. The third kappa shape index (κ3) is 3.47. The minimum Gasteiger partial charge on any atom is -0.478 e. The van der Waals surface area contributed by atoms with E-state index in [1.54, 1.807) is 6.07 Å². The van der Waals surface area contributed by atoms with Crippen LogP contribution in [0.1, 0.15) is 43.0 Å². The van der Waals surface area contributed by atoms with Gasteiger partial charge in [-0.25, -0.2) is 4.79 Å². The summed E-state index contributed by atoms with van der Waals surface area (Å²) < 4.78 is 0. The van der Waals surface area contributed by atoms with Crippen molar-refractivity contribution in [2.45, 2.75) is 32.6 Å². The average Bonchev–Trinajstić information content (AvgIpc) is 2.39. The maximum absolute atomic E-state index is 10.9. The van der Waals surface area contributed by atoms with E-state index in [4.69, 9.17) is 16.7 Å². The fraction of sp³-hybridized carbons (Fsp3) is 0.429. The van der Waals surface area contributed by atoms with E-state index < -0.39 is 5.97 Å². The Bertz CT molecular complexity index is 514. The highest BCUT2D eigenvalue weighted by Crippen LogP contribution is 2.25. The molecular weight excluding hydrogens is 264 g/mol. The molecule has 2 N–H and O–H groups in total. The maximum atomic E-state index is 10.9. The lowest BCUT2D eigenvalue weighted by Gasteiger charge is -2.20. The van der Waals surface area contributed by atoms with Gasteiger partial charge in [-0.1, -0.05) is 24.9 Å². The molecule has 0 bridgehead atoms. The van der Waals surface area contributed by atoms with Crippen molar-refractivity contribution in [2.75, 3.05) is 5.43 Å². The van der Waals surface area contributed by atoms with Gasteiger partial charge in [0.25, 0.3) is 0 Å². The molecule has 0 aromatic heterocycles. The number of rotatable bonds is 3. The molecule has 1 aliphatic carbocycles. The Kier molecular flexibility index (Phi) is 4.43. The van der Waals surface area contributed by atoms with Gasteiger partial charge in [0.1, 0.15) is 0 Å². The van der Waals surface area contributed by atoms with Crippen molar-refractivity contribution >= 4 is 29.0 Å². The van der Waals surface area contributed by atoms with Gasteiger partial charge in [0, 0.05) is 5.71 Å². The monoisotopic (exact) mass is 280 g/mol. The van der Waals surface area contributed by atoms with Crippen molar-refractivity contribution in [3.05, 3.63) is 28.8 Å². The van der Waals surface area contributed by atoms with E-state index in [-0.39, 0.29) is 5.56 Å². The predicted molar refractivity (Wildman–Crippen MR) is 77.1 cm³/mol. The minimum absolute atomic E-state index is 0.198. The van der Waals surface area contributed by atoms with Gasteiger partial charge < -0.3 is 5.11 Å². The Morgan fingerprint density at radius 2 is 2.26 bits per heavy atom. The summed E-state index contributed by atoms with van der Waals surface area (Å²) in [6, 6.07) is 4.55. The zero-order chi connectivity index (χ0) is 13.8. The van der Waals surface area contributed by atoms with Gasteiger partial charge in [-0.2, -0.15) is 5.10 Å². The smallest absolute Gasteiger partial charge is 0.335 e. The first-order chi connectivity index (χ1) is 9.08. The summed E-state index contributed by atoms with van der Waals surface area (Å²) in [5.41, 5.74) is 4.76. The normalized spacial score (nSPS) is 21.4. The summed E-state index contributed by atoms with van der Waals surface area (Å²) in [6.45, 7) is 2.16. The van der Waals surface area contributed by atoms with Crippen molar-refractivity contribution in [2.24, 2.45) is 11.0 Å². The number of nitrogens with zero attached hydrogens (tertiary/aromatic N) is 1. The average molecular weight is 281 g/mol. The van der Waals surface area contributed by atoms with Crippen LogP contribution in [-0.4, -0.2) is 16.8 Å². The quantitative estimate of drug-likeness (QED) is 0.822. The summed E-state index contributed by atoms with van der Waals surface area (Å²) in [5.74, 6) is -0.499. The standard InChI is InChI=1S/C14H17ClN2O2/c1-9-4-2-3-5-12(9)16-17-13-8-10(14(18)19)6-7-11(13)15/h6-9,17H,2-5H2,1H3,(H,18,19)/b16-12-/t9-/m0/s1. The van der Waals surface area contributed by atoms with Crippen LogP contribution >= 0.6 is 11.6 Å². The van der Waals surface area contributed by atoms with Crippen molar-refractivity contribution < 1.29 is 9.90 Å². The van der Waals surface area contributed by atoms with Gasteiger partial charge in [0.05, 0.1) is 16.3 Å². The second-order valence-corrected chi connectivity index (χ2v) is 5.27. The molecule has 1 atom stereocenters. The van der Waals surface area contributed by atoms with Gasteiger partial charge in [-0.3, -0.25) is 5.43 Å². The number of hydrazone groups is 1. The lowest BCUT2D eigenvalue weighted by molar-refractivity contribution is 0.0697. The topological polar surface area (TPSA) is 61.7 Å². The molecular formula is C14H17ClN2O2. The maximum Gasteiger partial charge on any atom is 0.335 e. The first-order valence-electron chi connectivity index (χ1n) is 6.43. The number of benzene rings is 1. The lowest BCUT2D eigenvalue weighted by atomic mass is 9.89. The second-order valence-electron chi connectivity index (χ2n) is 4.86. The van der Waals surface area contributed by atoms with E-state index in [0.717, 1.165) is 25.0 Å². The van der Waals surface area contributed by atoms with Crippen LogP contribution in [0.3, 0.4) is 0 Å². The molecule has 1 fully saturated rings. The van der Waals surface area contributed by atoms with Crippen molar-refractivity contribution in [1.29, 1.82) is 0 Å². The summed E-state index contributed by atoms with van der Waals surface area (Å²) in [6.07, 6.45) is 4.55. The SMILES string of the molecule is C[C@H]1CCCC/C1=N/Nc1cc(C(=O)O)ccc1Cl. The molecule has 4 nitrogen and oxygen atoms in total. The van der Waals surface area contributed by atoms with Crippen molar-refractivity contribution in [3.63, 3.8) is 0 Å². The van der Waals surface area contributed by atoms with E-state index >= 15 is 0 Å². The Morgan fingerprint density at radius 1 is 1.47 bits per heavy atom. The van der Waals surface area contributed by atoms with Crippen LogP contribution in [-0.2, 0) is 0 Å². The molecule has 0 aliphatic heterocycles. The molecule has 1 aromatic carbocycles. The highest BCUT2D eigenvalue weighted by molar-refractivity contribution is 6.33. The van der Waals surface area contributed by atoms with Crippen molar-refractivity contribution in [1.82, 2.24) is 0 Å². The van der Waals surface area contributed by atoms with E-state index in [1.165, 1.54) is 18.6 Å². The van der Waals surface area contributed by atoms with Gasteiger partial charge in [0.15, 0.2) is 0 Å². The number of carboxylic acids is 1. The molecule has 0 spiro atoms. The molecule has 0 amide bonds. The third-order valence-corrected chi connectivity index (χ3v) is 3.75. The van der Waals surface area contributed by atoms with Crippen LogP contribution in [0, 0.1) is 5.92 Å². The molecule has 102 valence electrons. The van der Waals surface area contributed by atoms with Crippen LogP contribution in [0.15, 0.2) is 23.3 Å². The number of nitrogens with one attached hydrogen (secondary N) is 1. The van der Waals surface area contributed by atoms with E-state index in [0.29, 0.717) is 16.6 Å². The van der Waals surface area contributed by atoms with E-state index in [1.807, 2.05) is 0 Å². The summed E-state index contributed by atoms with van der Waals surface area (Å²) in [4.78, 5) is 10.9. The van der Waals surface area contributed by atoms with Crippen molar-refractivity contribution in [3.8, 4) is 0 Å². The first-order valence-corrected chi connectivity index (χ1v) is 6.81. The fourth-order valence-corrected chi connectivity index (χ4v) is 2.37. The number of halogens is 1. The van der Waals surface area contributed by atoms with Crippen LogP contribution < -0.4 is 5.43 Å². The Labute approximate surface area is 117 Å². The minimum atomic E-state index is -0.974. The summed E-state index contributed by atoms with van der Waals surface area (Å²) in [7, 11) is 0. The van der Waals surface area contributed by atoms with Gasteiger partial charge >= 0.3 is 5.97 Å². The van der Waals surface area contributed by atoms with Crippen LogP contribution in [0.4, 0.5) is 5.69 Å². The molecule has 19 heavy (non-hydrogen) atoms. The number of hydrogen-bond acceptors (Lipinski definition) is 3. The summed E-state index contributed by atoms with van der Waals surface area (Å²) in [5, 5.41) is 13.8. The van der Waals surface area contributed by atoms with Gasteiger partial charge in [-0.15, -0.1) is 0 Å².